The Labute approximate surface area is 298 Å². The molecular weight excluding hydrogens is 647 g/mol. The summed E-state index contributed by atoms with van der Waals surface area (Å²) in [6, 6.07) is 44.9. The molecule has 0 amide bonds. The molecule has 4 heterocycles. The molecular formula is C45H31N3O2S. The quantitative estimate of drug-likeness (QED) is 0.195. The zero-order chi connectivity index (χ0) is 33.5. The summed E-state index contributed by atoms with van der Waals surface area (Å²) in [4.78, 5) is 5.37. The van der Waals surface area contributed by atoms with Crippen molar-refractivity contribution in [2.24, 2.45) is 4.99 Å². The van der Waals surface area contributed by atoms with E-state index in [0.29, 0.717) is 0 Å². The highest BCUT2D eigenvalue weighted by Gasteiger charge is 2.37. The molecule has 4 unspecified atom stereocenters. The Hall–Kier alpha value is -5.95. The highest BCUT2D eigenvalue weighted by Crippen LogP contribution is 2.52. The van der Waals surface area contributed by atoms with Gasteiger partial charge in [-0.05, 0) is 47.0 Å². The van der Waals surface area contributed by atoms with Gasteiger partial charge in [-0.2, -0.15) is 0 Å². The van der Waals surface area contributed by atoms with Gasteiger partial charge in [0.2, 0.25) is 0 Å². The molecule has 2 N–H and O–H groups in total. The van der Waals surface area contributed by atoms with Gasteiger partial charge < -0.3 is 14.5 Å². The summed E-state index contributed by atoms with van der Waals surface area (Å²) in [5.74, 6) is 1.96. The maximum absolute atomic E-state index is 6.73. The van der Waals surface area contributed by atoms with E-state index >= 15 is 0 Å². The number of aliphatic imine (C=N–C) groups is 1. The number of nitrogens with one attached hydrogen (secondary N) is 2. The average molecular weight is 678 g/mol. The van der Waals surface area contributed by atoms with Crippen molar-refractivity contribution in [1.29, 1.82) is 0 Å². The van der Waals surface area contributed by atoms with Crippen molar-refractivity contribution < 1.29 is 9.15 Å². The average Bonchev–Trinajstić information content (AvgIpc) is 3.89. The van der Waals surface area contributed by atoms with Crippen molar-refractivity contribution in [3.8, 4) is 16.9 Å². The second kappa shape index (κ2) is 11.3. The largest absolute Gasteiger partial charge is 0.484 e. The maximum atomic E-state index is 6.73. The van der Waals surface area contributed by atoms with E-state index in [-0.39, 0.29) is 24.4 Å². The van der Waals surface area contributed by atoms with Crippen LogP contribution in [0.25, 0.3) is 53.2 Å². The van der Waals surface area contributed by atoms with E-state index in [1.54, 1.807) is 0 Å². The Morgan fingerprint density at radius 1 is 0.667 bits per heavy atom. The minimum Gasteiger partial charge on any atom is -0.484 e. The van der Waals surface area contributed by atoms with Crippen LogP contribution < -0.4 is 15.4 Å². The smallest absolute Gasteiger partial charge is 0.146 e. The summed E-state index contributed by atoms with van der Waals surface area (Å²) in [7, 11) is 0. The first-order chi connectivity index (χ1) is 25.3. The lowest BCUT2D eigenvalue weighted by atomic mass is 9.89. The Kier molecular flexibility index (Phi) is 6.38. The summed E-state index contributed by atoms with van der Waals surface area (Å²) < 4.78 is 15.7. The van der Waals surface area contributed by atoms with Crippen LogP contribution in [-0.2, 0) is 0 Å². The topological polar surface area (TPSA) is 58.8 Å². The number of hydrogen-bond donors (Lipinski definition) is 2. The van der Waals surface area contributed by atoms with Gasteiger partial charge in [0.25, 0.3) is 0 Å². The molecule has 1 aliphatic carbocycles. The van der Waals surface area contributed by atoms with Crippen LogP contribution in [0, 0.1) is 0 Å². The van der Waals surface area contributed by atoms with Gasteiger partial charge in [0, 0.05) is 48.0 Å². The zero-order valence-corrected chi connectivity index (χ0v) is 28.2. The number of para-hydroxylation sites is 2. The van der Waals surface area contributed by atoms with Gasteiger partial charge in [0.05, 0.1) is 5.56 Å². The van der Waals surface area contributed by atoms with E-state index < -0.39 is 0 Å². The highest BCUT2D eigenvalue weighted by molar-refractivity contribution is 7.26. The predicted molar refractivity (Wildman–Crippen MR) is 209 cm³/mol. The number of fused-ring (bicyclic) bond motifs is 10. The van der Waals surface area contributed by atoms with Crippen LogP contribution in [0.3, 0.4) is 0 Å². The molecule has 2 aromatic heterocycles. The van der Waals surface area contributed by atoms with Crippen LogP contribution in [0.2, 0.25) is 0 Å². The van der Waals surface area contributed by atoms with E-state index in [9.17, 15) is 0 Å². The first-order valence-corrected chi connectivity index (χ1v) is 18.2. The summed E-state index contributed by atoms with van der Waals surface area (Å²) in [6.07, 6.45) is 8.11. The third kappa shape index (κ3) is 4.54. The van der Waals surface area contributed by atoms with E-state index in [4.69, 9.17) is 14.1 Å². The molecule has 3 aliphatic rings. The van der Waals surface area contributed by atoms with Gasteiger partial charge in [0.1, 0.15) is 41.2 Å². The van der Waals surface area contributed by atoms with Gasteiger partial charge >= 0.3 is 0 Å². The van der Waals surface area contributed by atoms with Crippen molar-refractivity contribution in [2.75, 3.05) is 0 Å². The predicted octanol–water partition coefficient (Wildman–Crippen LogP) is 10.9. The molecule has 6 aromatic carbocycles. The molecule has 0 saturated carbocycles. The number of nitrogens with zero attached hydrogens (tertiary/aromatic N) is 1. The zero-order valence-electron chi connectivity index (χ0n) is 27.4. The van der Waals surface area contributed by atoms with Crippen molar-refractivity contribution in [2.45, 2.75) is 24.4 Å². The van der Waals surface area contributed by atoms with Crippen LogP contribution in [-0.4, -0.2) is 11.9 Å². The number of furan rings is 1. The molecule has 2 aliphatic heterocycles. The number of hydrogen-bond acceptors (Lipinski definition) is 6. The number of amidine groups is 1. The minimum absolute atomic E-state index is 0.00641. The number of allylic oxidation sites excluding steroid dienone is 2. The van der Waals surface area contributed by atoms with Crippen LogP contribution in [0.5, 0.6) is 5.75 Å². The third-order valence-corrected chi connectivity index (χ3v) is 11.7. The molecule has 244 valence electrons. The SMILES string of the molecule is C1=CC2Oc3c(cc(C4NC(c5cccc6c5oc5ccccc56)=NC(c5ccc(-c6ccccc6)cc5)N4)c4sc5ccccc5c34)C2C=C1. The Bertz CT molecular complexity index is 2760. The fraction of sp³-hybridized carbons (Fsp3) is 0.0889. The molecule has 0 radical (unpaired) electrons. The van der Waals surface area contributed by atoms with E-state index in [1.165, 1.54) is 42.4 Å². The number of ether oxygens (including phenoxy) is 1. The van der Waals surface area contributed by atoms with E-state index in [0.717, 1.165) is 44.7 Å². The van der Waals surface area contributed by atoms with Gasteiger partial charge in [-0.1, -0.05) is 121 Å². The molecule has 4 atom stereocenters. The Balaban J connectivity index is 1.10. The van der Waals surface area contributed by atoms with E-state index in [1.807, 2.05) is 23.5 Å². The fourth-order valence-corrected chi connectivity index (χ4v) is 9.32. The van der Waals surface area contributed by atoms with Crippen molar-refractivity contribution in [3.05, 3.63) is 174 Å². The third-order valence-electron chi connectivity index (χ3n) is 10.5. The second-order valence-electron chi connectivity index (χ2n) is 13.5. The van der Waals surface area contributed by atoms with Crippen molar-refractivity contribution in [3.63, 3.8) is 0 Å². The van der Waals surface area contributed by atoms with E-state index in [2.05, 4.69) is 150 Å². The Morgan fingerprint density at radius 2 is 1.43 bits per heavy atom. The molecule has 11 rings (SSSR count). The van der Waals surface area contributed by atoms with Crippen LogP contribution in [0.4, 0.5) is 0 Å². The summed E-state index contributed by atoms with van der Waals surface area (Å²) >= 11 is 1.83. The molecule has 51 heavy (non-hydrogen) atoms. The fourth-order valence-electron chi connectivity index (χ4n) is 8.07. The standard InChI is InChI=1S/C45H31N3O2S/c1-2-11-26(12-3-1)27-21-23-28(24-22-27)43-46-44(33-17-10-16-31-29-13-4-7-18-36(29)49-40(31)33)48-45(47-43)35-25-34-30-14-5-8-19-37(30)50-41(34)39-32-15-6-9-20-38(32)51-42(35)39/h1-25,30,37,43,45,47H,(H,46,48). The lowest BCUT2D eigenvalue weighted by molar-refractivity contribution is 0.271. The lowest BCUT2D eigenvalue weighted by Crippen LogP contribution is -2.45. The molecule has 8 aromatic rings. The van der Waals surface area contributed by atoms with Gasteiger partial charge in [-0.25, -0.2) is 4.99 Å². The van der Waals surface area contributed by atoms with Gasteiger partial charge in [-0.15, -0.1) is 11.3 Å². The molecule has 6 heteroatoms. The first kappa shape index (κ1) is 28.8. The molecule has 0 spiro atoms. The summed E-state index contributed by atoms with van der Waals surface area (Å²) in [5, 5.41) is 12.4. The van der Waals surface area contributed by atoms with Crippen molar-refractivity contribution in [1.82, 2.24) is 10.6 Å². The number of thiophene rings is 1. The summed E-state index contributed by atoms with van der Waals surface area (Å²) in [5.41, 5.74) is 8.52. The lowest BCUT2D eigenvalue weighted by Gasteiger charge is -2.33. The van der Waals surface area contributed by atoms with Crippen molar-refractivity contribution >= 4 is 59.3 Å². The van der Waals surface area contributed by atoms with Gasteiger partial charge in [0.15, 0.2) is 0 Å². The molecule has 5 nitrogen and oxygen atoms in total. The van der Waals surface area contributed by atoms with Crippen LogP contribution >= 0.6 is 11.3 Å². The van der Waals surface area contributed by atoms with Gasteiger partial charge in [-0.3, -0.25) is 5.32 Å². The highest BCUT2D eigenvalue weighted by atomic mass is 32.1. The molecule has 0 fully saturated rings. The molecule has 0 saturated heterocycles. The number of benzene rings is 6. The monoisotopic (exact) mass is 677 g/mol. The minimum atomic E-state index is -0.310. The normalized spacial score (nSPS) is 20.7. The van der Waals surface area contributed by atoms with Crippen LogP contribution in [0.15, 0.2) is 161 Å². The Morgan fingerprint density at radius 3 is 2.33 bits per heavy atom. The van der Waals surface area contributed by atoms with Crippen LogP contribution in [0.1, 0.15) is 40.5 Å². The first-order valence-electron chi connectivity index (χ1n) is 17.4. The molecule has 0 bridgehead atoms. The summed E-state index contributed by atoms with van der Waals surface area (Å²) in [6.45, 7) is 0. The maximum Gasteiger partial charge on any atom is 0.146 e. The number of rotatable bonds is 4. The second-order valence-corrected chi connectivity index (χ2v) is 14.5.